The fourth-order valence-corrected chi connectivity index (χ4v) is 3.09. The first-order valence-corrected chi connectivity index (χ1v) is 8.80. The van der Waals surface area contributed by atoms with Crippen LogP contribution in [0.3, 0.4) is 0 Å². The molecule has 0 unspecified atom stereocenters. The standard InChI is InChI=1S/C19H24N4O2/c1-22-17(20-18(24)13-15-9-5-4-6-10-15)14-16(21-22)19(25)23-11-7-2-3-8-12-23/h4-6,9-10,14H,2-3,7-8,11-13H2,1H3,(H,20,24). The van der Waals surface area contributed by atoms with Crippen molar-refractivity contribution in [3.8, 4) is 0 Å². The van der Waals surface area contributed by atoms with Gasteiger partial charge in [-0.3, -0.25) is 14.3 Å². The van der Waals surface area contributed by atoms with Gasteiger partial charge in [-0.05, 0) is 18.4 Å². The molecule has 0 radical (unpaired) electrons. The summed E-state index contributed by atoms with van der Waals surface area (Å²) in [6.07, 6.45) is 4.72. The number of likely N-dealkylation sites (tertiary alicyclic amines) is 1. The van der Waals surface area contributed by atoms with Gasteiger partial charge in [-0.2, -0.15) is 5.10 Å². The summed E-state index contributed by atoms with van der Waals surface area (Å²) >= 11 is 0. The minimum atomic E-state index is -0.122. The van der Waals surface area contributed by atoms with Gasteiger partial charge in [0.25, 0.3) is 5.91 Å². The summed E-state index contributed by atoms with van der Waals surface area (Å²) in [6.45, 7) is 1.57. The van der Waals surface area contributed by atoms with E-state index >= 15 is 0 Å². The fraction of sp³-hybridized carbons (Fsp3) is 0.421. The molecule has 0 bridgehead atoms. The van der Waals surface area contributed by atoms with E-state index in [1.807, 2.05) is 35.2 Å². The van der Waals surface area contributed by atoms with Crippen LogP contribution in [0.15, 0.2) is 36.4 Å². The Hall–Kier alpha value is -2.63. The molecular formula is C19H24N4O2. The Labute approximate surface area is 147 Å². The number of aryl methyl sites for hydroxylation is 1. The first-order chi connectivity index (χ1) is 12.1. The van der Waals surface area contributed by atoms with Gasteiger partial charge in [-0.25, -0.2) is 0 Å². The van der Waals surface area contributed by atoms with Crippen molar-refractivity contribution in [2.24, 2.45) is 7.05 Å². The zero-order valence-electron chi connectivity index (χ0n) is 14.6. The number of hydrogen-bond acceptors (Lipinski definition) is 3. The molecule has 1 aliphatic heterocycles. The highest BCUT2D eigenvalue weighted by Gasteiger charge is 2.21. The molecule has 6 heteroatoms. The van der Waals surface area contributed by atoms with Crippen molar-refractivity contribution in [2.45, 2.75) is 32.1 Å². The predicted molar refractivity (Wildman–Crippen MR) is 96.4 cm³/mol. The van der Waals surface area contributed by atoms with E-state index in [-0.39, 0.29) is 11.8 Å². The van der Waals surface area contributed by atoms with Crippen molar-refractivity contribution in [1.29, 1.82) is 0 Å². The number of rotatable bonds is 4. The van der Waals surface area contributed by atoms with E-state index in [9.17, 15) is 9.59 Å². The summed E-state index contributed by atoms with van der Waals surface area (Å²) < 4.78 is 1.55. The average Bonchev–Trinajstić information content (AvgIpc) is 2.81. The molecule has 0 atom stereocenters. The number of anilines is 1. The van der Waals surface area contributed by atoms with Crippen molar-refractivity contribution in [1.82, 2.24) is 14.7 Å². The average molecular weight is 340 g/mol. The number of nitrogens with zero attached hydrogens (tertiary/aromatic N) is 3. The van der Waals surface area contributed by atoms with E-state index in [1.54, 1.807) is 17.8 Å². The molecule has 1 N–H and O–H groups in total. The van der Waals surface area contributed by atoms with Crippen molar-refractivity contribution in [3.05, 3.63) is 47.7 Å². The Balaban J connectivity index is 1.65. The van der Waals surface area contributed by atoms with Crippen LogP contribution in [0.4, 0.5) is 5.82 Å². The Morgan fingerprint density at radius 3 is 2.44 bits per heavy atom. The van der Waals surface area contributed by atoms with Crippen LogP contribution in [-0.2, 0) is 18.3 Å². The third-order valence-corrected chi connectivity index (χ3v) is 4.47. The van der Waals surface area contributed by atoms with Gasteiger partial charge in [0.2, 0.25) is 5.91 Å². The van der Waals surface area contributed by atoms with Gasteiger partial charge in [0, 0.05) is 26.2 Å². The summed E-state index contributed by atoms with van der Waals surface area (Å²) in [7, 11) is 1.73. The number of benzene rings is 1. The third kappa shape index (κ3) is 4.47. The molecule has 1 aromatic carbocycles. The van der Waals surface area contributed by atoms with Gasteiger partial charge in [0.1, 0.15) is 5.82 Å². The van der Waals surface area contributed by atoms with Gasteiger partial charge >= 0.3 is 0 Å². The lowest BCUT2D eigenvalue weighted by atomic mass is 10.1. The SMILES string of the molecule is Cn1nc(C(=O)N2CCCCCC2)cc1NC(=O)Cc1ccccc1. The molecule has 1 aliphatic rings. The molecule has 3 rings (SSSR count). The smallest absolute Gasteiger partial charge is 0.274 e. The maximum Gasteiger partial charge on any atom is 0.274 e. The van der Waals surface area contributed by atoms with Crippen LogP contribution in [0.5, 0.6) is 0 Å². The lowest BCUT2D eigenvalue weighted by Crippen LogP contribution is -2.32. The first-order valence-electron chi connectivity index (χ1n) is 8.80. The van der Waals surface area contributed by atoms with Crippen LogP contribution in [-0.4, -0.2) is 39.6 Å². The summed E-state index contributed by atoms with van der Waals surface area (Å²) in [5.74, 6) is 0.364. The van der Waals surface area contributed by atoms with Gasteiger partial charge in [0.15, 0.2) is 5.69 Å². The monoisotopic (exact) mass is 340 g/mol. The van der Waals surface area contributed by atoms with Crippen LogP contribution in [0.2, 0.25) is 0 Å². The van der Waals surface area contributed by atoms with Gasteiger partial charge in [0.05, 0.1) is 6.42 Å². The number of hydrogen-bond donors (Lipinski definition) is 1. The van der Waals surface area contributed by atoms with Crippen molar-refractivity contribution < 1.29 is 9.59 Å². The van der Waals surface area contributed by atoms with Gasteiger partial charge in [-0.15, -0.1) is 0 Å². The van der Waals surface area contributed by atoms with E-state index in [4.69, 9.17) is 0 Å². The fourth-order valence-electron chi connectivity index (χ4n) is 3.09. The highest BCUT2D eigenvalue weighted by molar-refractivity contribution is 5.96. The Morgan fingerprint density at radius 1 is 1.08 bits per heavy atom. The zero-order chi connectivity index (χ0) is 17.6. The number of aromatic nitrogens is 2. The molecule has 1 fully saturated rings. The van der Waals surface area contributed by atoms with Crippen molar-refractivity contribution in [2.75, 3.05) is 18.4 Å². The Morgan fingerprint density at radius 2 is 1.76 bits per heavy atom. The Kier molecular flexibility index (Phi) is 5.48. The van der Waals surface area contributed by atoms with Crippen LogP contribution in [0, 0.1) is 0 Å². The third-order valence-electron chi connectivity index (χ3n) is 4.47. The molecule has 25 heavy (non-hydrogen) atoms. The number of nitrogens with one attached hydrogen (secondary N) is 1. The molecule has 0 spiro atoms. The highest BCUT2D eigenvalue weighted by atomic mass is 16.2. The molecule has 0 aliphatic carbocycles. The summed E-state index contributed by atoms with van der Waals surface area (Å²) in [6, 6.07) is 11.2. The quantitative estimate of drug-likeness (QED) is 0.930. The summed E-state index contributed by atoms with van der Waals surface area (Å²) in [5, 5.41) is 7.13. The normalized spacial score (nSPS) is 14.8. The second-order valence-electron chi connectivity index (χ2n) is 6.46. The number of carbonyl (C=O) groups is 2. The zero-order valence-corrected chi connectivity index (χ0v) is 14.6. The maximum atomic E-state index is 12.6. The summed E-state index contributed by atoms with van der Waals surface area (Å²) in [5.41, 5.74) is 1.34. The molecule has 6 nitrogen and oxygen atoms in total. The highest BCUT2D eigenvalue weighted by Crippen LogP contribution is 2.16. The van der Waals surface area contributed by atoms with Crippen LogP contribution < -0.4 is 5.32 Å². The van der Waals surface area contributed by atoms with E-state index in [2.05, 4.69) is 10.4 Å². The minimum Gasteiger partial charge on any atom is -0.337 e. The molecule has 2 amide bonds. The molecule has 132 valence electrons. The van der Waals surface area contributed by atoms with E-state index in [0.29, 0.717) is 17.9 Å². The minimum absolute atomic E-state index is 0.0546. The number of amides is 2. The molecule has 0 saturated carbocycles. The predicted octanol–water partition coefficient (Wildman–Crippen LogP) is 2.62. The number of carbonyl (C=O) groups excluding carboxylic acids is 2. The van der Waals surface area contributed by atoms with Crippen LogP contribution in [0.25, 0.3) is 0 Å². The van der Waals surface area contributed by atoms with E-state index in [0.717, 1.165) is 31.5 Å². The summed E-state index contributed by atoms with van der Waals surface area (Å²) in [4.78, 5) is 26.7. The van der Waals surface area contributed by atoms with E-state index in [1.165, 1.54) is 12.8 Å². The van der Waals surface area contributed by atoms with E-state index < -0.39 is 0 Å². The van der Waals surface area contributed by atoms with Crippen LogP contribution in [0.1, 0.15) is 41.7 Å². The van der Waals surface area contributed by atoms with Gasteiger partial charge in [-0.1, -0.05) is 43.2 Å². The molecule has 1 aromatic heterocycles. The molecule has 2 heterocycles. The molecular weight excluding hydrogens is 316 g/mol. The first kappa shape index (κ1) is 17.2. The second-order valence-corrected chi connectivity index (χ2v) is 6.46. The molecule has 1 saturated heterocycles. The second kappa shape index (κ2) is 7.96. The van der Waals surface area contributed by atoms with Crippen molar-refractivity contribution in [3.63, 3.8) is 0 Å². The maximum absolute atomic E-state index is 12.6. The lowest BCUT2D eigenvalue weighted by Gasteiger charge is -2.18. The van der Waals surface area contributed by atoms with Crippen LogP contribution >= 0.6 is 0 Å². The lowest BCUT2D eigenvalue weighted by molar-refractivity contribution is -0.115. The Bertz CT molecular complexity index is 731. The van der Waals surface area contributed by atoms with Crippen molar-refractivity contribution >= 4 is 17.6 Å². The largest absolute Gasteiger partial charge is 0.337 e. The topological polar surface area (TPSA) is 67.2 Å². The van der Waals surface area contributed by atoms with Gasteiger partial charge < -0.3 is 10.2 Å². The molecule has 2 aromatic rings.